The number of hydrogen-bond donors (Lipinski definition) is 1. The van der Waals surface area contributed by atoms with Crippen molar-refractivity contribution < 1.29 is 0 Å². The molecule has 0 unspecified atom stereocenters. The third kappa shape index (κ3) is 3.56. The van der Waals surface area contributed by atoms with E-state index in [4.69, 9.17) is 4.98 Å². The first-order chi connectivity index (χ1) is 9.92. The first kappa shape index (κ1) is 15.8. The van der Waals surface area contributed by atoms with Crippen LogP contribution in [-0.2, 0) is 0 Å². The molecule has 0 spiro atoms. The molecule has 0 bridgehead atoms. The Labute approximate surface area is 131 Å². The second-order valence-corrected chi connectivity index (χ2v) is 6.67. The van der Waals surface area contributed by atoms with Crippen LogP contribution in [0.25, 0.3) is 0 Å². The van der Waals surface area contributed by atoms with Crippen LogP contribution in [0.15, 0.2) is 28.1 Å². The predicted octanol–water partition coefficient (Wildman–Crippen LogP) is 4.72. The molecule has 0 atom stereocenters. The van der Waals surface area contributed by atoms with Gasteiger partial charge < -0.3 is 5.32 Å². The Balaban J connectivity index is 2.47. The van der Waals surface area contributed by atoms with Crippen LogP contribution in [0.1, 0.15) is 42.3 Å². The molecule has 0 aliphatic carbocycles. The summed E-state index contributed by atoms with van der Waals surface area (Å²) in [5, 5.41) is 4.21. The van der Waals surface area contributed by atoms with E-state index in [0.29, 0.717) is 5.92 Å². The summed E-state index contributed by atoms with van der Waals surface area (Å²) < 4.78 is 0. The van der Waals surface area contributed by atoms with Gasteiger partial charge in [-0.3, -0.25) is 0 Å². The first-order valence-electron chi connectivity index (χ1n) is 7.23. The molecule has 1 N–H and O–H groups in total. The van der Waals surface area contributed by atoms with Crippen LogP contribution in [0, 0.1) is 20.8 Å². The second kappa shape index (κ2) is 6.48. The number of rotatable bonds is 4. The van der Waals surface area contributed by atoms with Crippen LogP contribution in [0.5, 0.6) is 0 Å². The molecule has 2 aromatic rings. The van der Waals surface area contributed by atoms with E-state index in [-0.39, 0.29) is 0 Å². The van der Waals surface area contributed by atoms with E-state index in [1.54, 1.807) is 11.8 Å². The van der Waals surface area contributed by atoms with Crippen molar-refractivity contribution in [3.05, 3.63) is 40.7 Å². The maximum atomic E-state index is 4.76. The SMILES string of the molecule is CNc1nc(C(C)C)nc(Sc2cc(C)ccc2C)c1C. The van der Waals surface area contributed by atoms with Gasteiger partial charge in [-0.1, -0.05) is 37.7 Å². The van der Waals surface area contributed by atoms with E-state index in [9.17, 15) is 0 Å². The van der Waals surface area contributed by atoms with Crippen LogP contribution >= 0.6 is 11.8 Å². The molecule has 1 aromatic heterocycles. The van der Waals surface area contributed by atoms with Crippen LogP contribution in [0.3, 0.4) is 0 Å². The molecule has 0 aliphatic rings. The molecule has 1 aromatic carbocycles. The van der Waals surface area contributed by atoms with Crippen molar-refractivity contribution in [2.24, 2.45) is 0 Å². The fraction of sp³-hybridized carbons (Fsp3) is 0.412. The van der Waals surface area contributed by atoms with Gasteiger partial charge in [-0.15, -0.1) is 0 Å². The van der Waals surface area contributed by atoms with Crippen molar-refractivity contribution in [3.63, 3.8) is 0 Å². The fourth-order valence-electron chi connectivity index (χ4n) is 2.03. The van der Waals surface area contributed by atoms with E-state index in [1.165, 1.54) is 16.0 Å². The number of benzene rings is 1. The summed E-state index contributed by atoms with van der Waals surface area (Å²) in [4.78, 5) is 10.6. The Kier molecular flexibility index (Phi) is 4.88. The summed E-state index contributed by atoms with van der Waals surface area (Å²) in [5.41, 5.74) is 3.65. The molecular weight excluding hydrogens is 278 g/mol. The Hall–Kier alpha value is -1.55. The summed E-state index contributed by atoms with van der Waals surface area (Å²) in [6.07, 6.45) is 0. The highest BCUT2D eigenvalue weighted by Gasteiger charge is 2.14. The Morgan fingerprint density at radius 3 is 2.43 bits per heavy atom. The van der Waals surface area contributed by atoms with Gasteiger partial charge in [0.05, 0.1) is 0 Å². The zero-order valence-electron chi connectivity index (χ0n) is 13.6. The van der Waals surface area contributed by atoms with Gasteiger partial charge in [-0.05, 0) is 38.0 Å². The van der Waals surface area contributed by atoms with Gasteiger partial charge in [0.25, 0.3) is 0 Å². The molecule has 3 nitrogen and oxygen atoms in total. The number of nitrogens with one attached hydrogen (secondary N) is 1. The van der Waals surface area contributed by atoms with Crippen LogP contribution in [-0.4, -0.2) is 17.0 Å². The molecule has 0 saturated carbocycles. The number of anilines is 1. The predicted molar refractivity (Wildman–Crippen MR) is 90.4 cm³/mol. The highest BCUT2D eigenvalue weighted by atomic mass is 32.2. The largest absolute Gasteiger partial charge is 0.373 e. The lowest BCUT2D eigenvalue weighted by molar-refractivity contribution is 0.749. The smallest absolute Gasteiger partial charge is 0.134 e. The lowest BCUT2D eigenvalue weighted by Gasteiger charge is -2.14. The molecule has 2 rings (SSSR count). The van der Waals surface area contributed by atoms with Gasteiger partial charge in [-0.25, -0.2) is 9.97 Å². The summed E-state index contributed by atoms with van der Waals surface area (Å²) in [6, 6.07) is 6.52. The van der Waals surface area contributed by atoms with E-state index in [1.807, 2.05) is 7.05 Å². The Morgan fingerprint density at radius 2 is 1.81 bits per heavy atom. The first-order valence-corrected chi connectivity index (χ1v) is 8.05. The maximum absolute atomic E-state index is 4.76. The van der Waals surface area contributed by atoms with Gasteiger partial charge >= 0.3 is 0 Å². The second-order valence-electron chi connectivity index (χ2n) is 5.64. The summed E-state index contributed by atoms with van der Waals surface area (Å²) >= 11 is 1.72. The molecule has 4 heteroatoms. The third-order valence-corrected chi connectivity index (χ3v) is 4.67. The van der Waals surface area contributed by atoms with Gasteiger partial charge in [0, 0.05) is 23.4 Å². The molecule has 0 amide bonds. The molecule has 112 valence electrons. The Morgan fingerprint density at radius 1 is 1.10 bits per heavy atom. The maximum Gasteiger partial charge on any atom is 0.134 e. The van der Waals surface area contributed by atoms with E-state index in [2.05, 4.69) is 63.1 Å². The standard InChI is InChI=1S/C17H23N3S/c1-10(2)15-19-16(18-6)13(5)17(20-15)21-14-9-11(3)7-8-12(14)4/h7-10H,1-6H3,(H,18,19,20). The van der Waals surface area contributed by atoms with Crippen molar-refractivity contribution in [2.75, 3.05) is 12.4 Å². The van der Waals surface area contributed by atoms with Crippen LogP contribution in [0.4, 0.5) is 5.82 Å². The molecule has 21 heavy (non-hydrogen) atoms. The lowest BCUT2D eigenvalue weighted by atomic mass is 10.2. The van der Waals surface area contributed by atoms with Gasteiger partial charge in [0.2, 0.25) is 0 Å². The normalized spacial score (nSPS) is 11.0. The number of aromatic nitrogens is 2. The average molecular weight is 301 g/mol. The molecule has 0 saturated heterocycles. The van der Waals surface area contributed by atoms with E-state index >= 15 is 0 Å². The highest BCUT2D eigenvalue weighted by molar-refractivity contribution is 7.99. The minimum atomic E-state index is 0.315. The van der Waals surface area contributed by atoms with Crippen molar-refractivity contribution >= 4 is 17.6 Å². The highest BCUT2D eigenvalue weighted by Crippen LogP contribution is 2.34. The summed E-state index contributed by atoms with van der Waals surface area (Å²) in [6.45, 7) is 10.6. The van der Waals surface area contributed by atoms with Crippen molar-refractivity contribution in [1.29, 1.82) is 0 Å². The fourth-order valence-corrected chi connectivity index (χ4v) is 3.11. The number of aryl methyl sites for hydroxylation is 2. The van der Waals surface area contributed by atoms with Gasteiger partial charge in [0.1, 0.15) is 16.7 Å². The average Bonchev–Trinajstić information content (AvgIpc) is 2.44. The van der Waals surface area contributed by atoms with E-state index in [0.717, 1.165) is 22.2 Å². The van der Waals surface area contributed by atoms with Gasteiger partial charge in [-0.2, -0.15) is 0 Å². The molecule has 1 heterocycles. The van der Waals surface area contributed by atoms with Crippen molar-refractivity contribution in [2.45, 2.75) is 50.5 Å². The third-order valence-electron chi connectivity index (χ3n) is 3.42. The van der Waals surface area contributed by atoms with Crippen molar-refractivity contribution in [3.8, 4) is 0 Å². The quantitative estimate of drug-likeness (QED) is 0.829. The zero-order valence-corrected chi connectivity index (χ0v) is 14.4. The molecule has 0 radical (unpaired) electrons. The minimum absolute atomic E-state index is 0.315. The lowest BCUT2D eigenvalue weighted by Crippen LogP contribution is -2.06. The monoisotopic (exact) mass is 301 g/mol. The summed E-state index contributed by atoms with van der Waals surface area (Å²) in [7, 11) is 1.91. The molecule has 0 fully saturated rings. The van der Waals surface area contributed by atoms with Gasteiger partial charge in [0.15, 0.2) is 0 Å². The summed E-state index contributed by atoms with van der Waals surface area (Å²) in [5.74, 6) is 2.12. The molecular formula is C17H23N3S. The van der Waals surface area contributed by atoms with E-state index < -0.39 is 0 Å². The minimum Gasteiger partial charge on any atom is -0.373 e. The number of nitrogens with zero attached hydrogens (tertiary/aromatic N) is 2. The van der Waals surface area contributed by atoms with Crippen molar-refractivity contribution in [1.82, 2.24) is 9.97 Å². The van der Waals surface area contributed by atoms with Crippen LogP contribution in [0.2, 0.25) is 0 Å². The topological polar surface area (TPSA) is 37.8 Å². The zero-order chi connectivity index (χ0) is 15.6. The molecule has 0 aliphatic heterocycles. The van der Waals surface area contributed by atoms with Crippen LogP contribution < -0.4 is 5.32 Å². The Bertz CT molecular complexity index is 651. The number of hydrogen-bond acceptors (Lipinski definition) is 4.